The summed E-state index contributed by atoms with van der Waals surface area (Å²) in [5.74, 6) is -0.385. The molecule has 2 heterocycles. The zero-order valence-corrected chi connectivity index (χ0v) is 20.7. The number of hydrogen-bond acceptors (Lipinski definition) is 5. The number of aromatic nitrogens is 2. The van der Waals surface area contributed by atoms with Crippen LogP contribution in [-0.4, -0.2) is 33.4 Å². The second-order valence-electron chi connectivity index (χ2n) is 9.27. The summed E-state index contributed by atoms with van der Waals surface area (Å²) in [5, 5.41) is 2.22. The quantitative estimate of drug-likeness (QED) is 0.368. The van der Waals surface area contributed by atoms with Gasteiger partial charge in [0.2, 0.25) is 5.91 Å². The summed E-state index contributed by atoms with van der Waals surface area (Å²) in [6.45, 7) is 0.631. The number of rotatable bonds is 7. The van der Waals surface area contributed by atoms with Crippen LogP contribution in [0, 0.1) is 11.6 Å². The number of nitrogens with zero attached hydrogens (tertiary/aromatic N) is 3. The molecule has 0 saturated heterocycles. The van der Waals surface area contributed by atoms with Crippen LogP contribution in [-0.2, 0) is 17.8 Å². The number of amides is 1. The fourth-order valence-corrected chi connectivity index (χ4v) is 5.34. The van der Waals surface area contributed by atoms with Crippen molar-refractivity contribution >= 4 is 18.5 Å². The molecular formula is C27H28F2N4O2S. The molecule has 1 atom stereocenters. The first kappa shape index (κ1) is 24.6. The van der Waals surface area contributed by atoms with E-state index in [1.165, 1.54) is 18.2 Å². The van der Waals surface area contributed by atoms with E-state index in [0.29, 0.717) is 24.2 Å². The van der Waals surface area contributed by atoms with Gasteiger partial charge in [0, 0.05) is 44.0 Å². The van der Waals surface area contributed by atoms with Gasteiger partial charge in [0.15, 0.2) is 0 Å². The van der Waals surface area contributed by atoms with Crippen LogP contribution in [0.5, 0.6) is 0 Å². The molecule has 1 aliphatic carbocycles. The number of nitrogens with one attached hydrogen (secondary N) is 1. The highest BCUT2D eigenvalue weighted by Gasteiger charge is 2.35. The number of para-hydroxylation sites is 1. The Kier molecular flexibility index (Phi) is 7.20. The number of thiol groups is 1. The summed E-state index contributed by atoms with van der Waals surface area (Å²) in [7, 11) is 0. The molecular weight excluding hydrogens is 482 g/mol. The van der Waals surface area contributed by atoms with E-state index in [4.69, 9.17) is 4.98 Å². The first-order valence-corrected chi connectivity index (χ1v) is 12.8. The average Bonchev–Trinajstić information content (AvgIpc) is 2.83. The Hall–Kier alpha value is -3.04. The van der Waals surface area contributed by atoms with Gasteiger partial charge in [0.1, 0.15) is 22.8 Å². The van der Waals surface area contributed by atoms with Crippen molar-refractivity contribution in [2.75, 3.05) is 13.1 Å². The van der Waals surface area contributed by atoms with Crippen LogP contribution in [0.4, 0.5) is 8.78 Å². The Labute approximate surface area is 213 Å². The van der Waals surface area contributed by atoms with Gasteiger partial charge in [-0.1, -0.05) is 30.7 Å². The maximum atomic E-state index is 13.8. The number of halogens is 2. The zero-order chi connectivity index (χ0) is 25.2. The third kappa shape index (κ3) is 4.69. The molecule has 1 aliphatic heterocycles. The Morgan fingerprint density at radius 3 is 2.47 bits per heavy atom. The predicted octanol–water partition coefficient (Wildman–Crippen LogP) is 4.27. The van der Waals surface area contributed by atoms with Crippen LogP contribution in [0.1, 0.15) is 59.6 Å². The SMILES string of the molecule is O=C(CCNCc1c(F)cccc1F)N1CCc2nc(C3CCC3)n(-c3ccccc3)c(=O)c2C1S. The first-order chi connectivity index (χ1) is 17.5. The summed E-state index contributed by atoms with van der Waals surface area (Å²) in [6, 6.07) is 13.2. The maximum Gasteiger partial charge on any atom is 0.264 e. The van der Waals surface area contributed by atoms with Gasteiger partial charge in [0.25, 0.3) is 5.56 Å². The van der Waals surface area contributed by atoms with E-state index in [-0.39, 0.29) is 42.5 Å². The van der Waals surface area contributed by atoms with Crippen molar-refractivity contribution < 1.29 is 13.6 Å². The smallest absolute Gasteiger partial charge is 0.264 e. The van der Waals surface area contributed by atoms with Crippen molar-refractivity contribution in [1.29, 1.82) is 0 Å². The Balaban J connectivity index is 1.33. The summed E-state index contributed by atoms with van der Waals surface area (Å²) < 4.78 is 29.3. The monoisotopic (exact) mass is 510 g/mol. The summed E-state index contributed by atoms with van der Waals surface area (Å²) >= 11 is 4.69. The lowest BCUT2D eigenvalue weighted by Gasteiger charge is -2.35. The minimum absolute atomic E-state index is 0.0193. The van der Waals surface area contributed by atoms with Gasteiger partial charge in [-0.2, -0.15) is 0 Å². The average molecular weight is 511 g/mol. The molecule has 36 heavy (non-hydrogen) atoms. The number of fused-ring (bicyclic) bond motifs is 1. The molecule has 9 heteroatoms. The molecule has 0 spiro atoms. The molecule has 0 bridgehead atoms. The predicted molar refractivity (Wildman–Crippen MR) is 136 cm³/mol. The van der Waals surface area contributed by atoms with E-state index < -0.39 is 17.0 Å². The zero-order valence-electron chi connectivity index (χ0n) is 19.8. The number of hydrogen-bond donors (Lipinski definition) is 2. The second-order valence-corrected chi connectivity index (χ2v) is 9.76. The fourth-order valence-electron chi connectivity index (χ4n) is 4.83. The van der Waals surface area contributed by atoms with Crippen molar-refractivity contribution in [3.05, 3.63) is 93.2 Å². The molecule has 1 unspecified atom stereocenters. The Morgan fingerprint density at radius 2 is 1.81 bits per heavy atom. The van der Waals surface area contributed by atoms with Crippen LogP contribution >= 0.6 is 12.6 Å². The van der Waals surface area contributed by atoms with Gasteiger partial charge in [0.05, 0.1) is 16.9 Å². The van der Waals surface area contributed by atoms with E-state index in [1.54, 1.807) is 9.47 Å². The molecule has 1 N–H and O–H groups in total. The molecule has 1 saturated carbocycles. The molecule has 2 aliphatic rings. The van der Waals surface area contributed by atoms with Crippen molar-refractivity contribution in [3.8, 4) is 5.69 Å². The number of carbonyl (C=O) groups excluding carboxylic acids is 1. The van der Waals surface area contributed by atoms with Gasteiger partial charge < -0.3 is 10.2 Å². The Morgan fingerprint density at radius 1 is 1.08 bits per heavy atom. The van der Waals surface area contributed by atoms with Gasteiger partial charge in [-0.05, 0) is 37.1 Å². The van der Waals surface area contributed by atoms with E-state index in [0.717, 1.165) is 30.8 Å². The third-order valence-electron chi connectivity index (χ3n) is 7.05. The van der Waals surface area contributed by atoms with Crippen molar-refractivity contribution in [2.24, 2.45) is 0 Å². The van der Waals surface area contributed by atoms with Crippen LogP contribution in [0.15, 0.2) is 53.3 Å². The van der Waals surface area contributed by atoms with Crippen LogP contribution in [0.2, 0.25) is 0 Å². The second kappa shape index (κ2) is 10.5. The highest BCUT2D eigenvalue weighted by molar-refractivity contribution is 7.80. The summed E-state index contributed by atoms with van der Waals surface area (Å²) in [6.07, 6.45) is 3.74. The van der Waals surface area contributed by atoms with E-state index >= 15 is 0 Å². The molecule has 1 amide bonds. The molecule has 0 radical (unpaired) electrons. The van der Waals surface area contributed by atoms with E-state index in [9.17, 15) is 18.4 Å². The van der Waals surface area contributed by atoms with E-state index in [2.05, 4.69) is 17.9 Å². The minimum atomic E-state index is -0.712. The summed E-state index contributed by atoms with van der Waals surface area (Å²) in [5.41, 5.74) is 1.67. The van der Waals surface area contributed by atoms with Gasteiger partial charge in [-0.3, -0.25) is 14.2 Å². The lowest BCUT2D eigenvalue weighted by atomic mass is 9.84. The van der Waals surface area contributed by atoms with Gasteiger partial charge in [-0.25, -0.2) is 13.8 Å². The molecule has 1 aromatic heterocycles. The van der Waals surface area contributed by atoms with Gasteiger partial charge >= 0.3 is 0 Å². The van der Waals surface area contributed by atoms with Gasteiger partial charge in [-0.15, -0.1) is 12.6 Å². The van der Waals surface area contributed by atoms with Crippen LogP contribution < -0.4 is 10.9 Å². The maximum absolute atomic E-state index is 13.8. The largest absolute Gasteiger partial charge is 0.326 e. The minimum Gasteiger partial charge on any atom is -0.326 e. The van der Waals surface area contributed by atoms with Crippen LogP contribution in [0.25, 0.3) is 5.69 Å². The normalized spacial score (nSPS) is 17.5. The lowest BCUT2D eigenvalue weighted by molar-refractivity contribution is -0.132. The molecule has 2 aromatic carbocycles. The highest BCUT2D eigenvalue weighted by Crippen LogP contribution is 2.38. The van der Waals surface area contributed by atoms with Crippen molar-refractivity contribution in [1.82, 2.24) is 19.8 Å². The van der Waals surface area contributed by atoms with Crippen molar-refractivity contribution in [3.63, 3.8) is 0 Å². The molecule has 6 nitrogen and oxygen atoms in total. The molecule has 3 aromatic rings. The number of benzene rings is 2. The molecule has 1 fully saturated rings. The highest BCUT2D eigenvalue weighted by atomic mass is 32.1. The van der Waals surface area contributed by atoms with Crippen molar-refractivity contribution in [2.45, 2.75) is 49.9 Å². The number of carbonyl (C=O) groups is 1. The summed E-state index contributed by atoms with van der Waals surface area (Å²) in [4.78, 5) is 33.3. The topological polar surface area (TPSA) is 67.2 Å². The fraction of sp³-hybridized carbons (Fsp3) is 0.370. The molecule has 188 valence electrons. The third-order valence-corrected chi connectivity index (χ3v) is 7.59. The Bertz CT molecular complexity index is 1310. The standard InChI is InChI=1S/C27H28F2N4O2S/c28-20-10-5-11-21(29)19(20)16-30-14-12-23(34)32-15-13-22-24(27(32)36)26(35)33(18-8-2-1-3-9-18)25(31-22)17-6-4-7-17/h1-3,5,8-11,17,27,30,36H,4,6-7,12-16H2. The van der Waals surface area contributed by atoms with E-state index in [1.807, 2.05) is 30.3 Å². The lowest BCUT2D eigenvalue weighted by Crippen LogP contribution is -2.44. The van der Waals surface area contributed by atoms with Crippen LogP contribution in [0.3, 0.4) is 0 Å². The first-order valence-electron chi connectivity index (χ1n) is 12.3. The molecule has 5 rings (SSSR count).